The van der Waals surface area contributed by atoms with E-state index in [4.69, 9.17) is 4.99 Å². The van der Waals surface area contributed by atoms with Crippen molar-refractivity contribution >= 4 is 40.1 Å². The SMILES string of the molecule is CCCN1C(=O)[C@H](CC(=O)Nc2ccccc2C)SC1=Nc1cc(C)ccc1C. The Hall–Kier alpha value is -2.60. The molecular formula is C23H27N3O2S. The fourth-order valence-electron chi connectivity index (χ4n) is 3.18. The molecule has 1 fully saturated rings. The van der Waals surface area contributed by atoms with E-state index < -0.39 is 5.25 Å². The Bertz CT molecular complexity index is 955. The minimum Gasteiger partial charge on any atom is -0.326 e. The molecule has 0 aliphatic carbocycles. The lowest BCUT2D eigenvalue weighted by atomic mass is 10.1. The molecular weight excluding hydrogens is 382 g/mol. The molecule has 2 aromatic rings. The summed E-state index contributed by atoms with van der Waals surface area (Å²) < 4.78 is 0. The molecule has 5 nitrogen and oxygen atoms in total. The molecule has 1 aliphatic rings. The fraction of sp³-hybridized carbons (Fsp3) is 0.348. The first-order chi connectivity index (χ1) is 13.9. The average Bonchev–Trinajstić information content (AvgIpc) is 2.96. The molecule has 29 heavy (non-hydrogen) atoms. The molecule has 0 radical (unpaired) electrons. The topological polar surface area (TPSA) is 61.8 Å². The number of carbonyl (C=O) groups excluding carboxylic acids is 2. The molecule has 0 bridgehead atoms. The van der Waals surface area contributed by atoms with Crippen molar-refractivity contribution in [2.45, 2.75) is 45.8 Å². The highest BCUT2D eigenvalue weighted by Gasteiger charge is 2.38. The second-order valence-electron chi connectivity index (χ2n) is 7.35. The van der Waals surface area contributed by atoms with Crippen molar-refractivity contribution in [2.24, 2.45) is 4.99 Å². The maximum absolute atomic E-state index is 12.9. The monoisotopic (exact) mass is 409 g/mol. The van der Waals surface area contributed by atoms with Crippen molar-refractivity contribution in [1.29, 1.82) is 0 Å². The van der Waals surface area contributed by atoms with Crippen LogP contribution in [0.15, 0.2) is 47.5 Å². The summed E-state index contributed by atoms with van der Waals surface area (Å²) >= 11 is 1.38. The molecule has 1 saturated heterocycles. The van der Waals surface area contributed by atoms with E-state index in [1.807, 2.05) is 64.1 Å². The summed E-state index contributed by atoms with van der Waals surface area (Å²) in [4.78, 5) is 32.0. The van der Waals surface area contributed by atoms with Crippen LogP contribution in [0.25, 0.3) is 0 Å². The highest BCUT2D eigenvalue weighted by Crippen LogP contribution is 2.33. The van der Waals surface area contributed by atoms with Gasteiger partial charge in [0.25, 0.3) is 0 Å². The molecule has 3 rings (SSSR count). The van der Waals surface area contributed by atoms with Crippen LogP contribution in [0.1, 0.15) is 36.5 Å². The van der Waals surface area contributed by atoms with E-state index in [0.717, 1.165) is 34.5 Å². The summed E-state index contributed by atoms with van der Waals surface area (Å²) in [6, 6.07) is 13.7. The van der Waals surface area contributed by atoms with Gasteiger partial charge in [0, 0.05) is 18.7 Å². The van der Waals surface area contributed by atoms with Crippen LogP contribution >= 0.6 is 11.8 Å². The number of aryl methyl sites for hydroxylation is 3. The van der Waals surface area contributed by atoms with Gasteiger partial charge in [-0.3, -0.25) is 14.5 Å². The van der Waals surface area contributed by atoms with Crippen LogP contribution in [0.3, 0.4) is 0 Å². The third-order valence-corrected chi connectivity index (χ3v) is 6.01. The van der Waals surface area contributed by atoms with Crippen molar-refractivity contribution in [1.82, 2.24) is 4.90 Å². The Morgan fingerprint density at radius 1 is 1.14 bits per heavy atom. The van der Waals surface area contributed by atoms with Crippen molar-refractivity contribution in [3.05, 3.63) is 59.2 Å². The summed E-state index contributed by atoms with van der Waals surface area (Å²) in [6.45, 7) is 8.62. The summed E-state index contributed by atoms with van der Waals surface area (Å²) in [7, 11) is 0. The smallest absolute Gasteiger partial charge is 0.242 e. The second kappa shape index (κ2) is 9.27. The Morgan fingerprint density at radius 3 is 2.62 bits per heavy atom. The van der Waals surface area contributed by atoms with E-state index in [0.29, 0.717) is 11.7 Å². The zero-order valence-corrected chi connectivity index (χ0v) is 18.2. The third-order valence-electron chi connectivity index (χ3n) is 4.84. The van der Waals surface area contributed by atoms with E-state index in [-0.39, 0.29) is 18.2 Å². The van der Waals surface area contributed by atoms with Gasteiger partial charge in [-0.05, 0) is 56.0 Å². The summed E-state index contributed by atoms with van der Waals surface area (Å²) in [5, 5.41) is 3.15. The first-order valence-electron chi connectivity index (χ1n) is 9.88. The lowest BCUT2D eigenvalue weighted by molar-refractivity contribution is -0.128. The van der Waals surface area contributed by atoms with Gasteiger partial charge in [0.05, 0.1) is 5.69 Å². The Balaban J connectivity index is 1.78. The van der Waals surface area contributed by atoms with E-state index in [1.54, 1.807) is 4.90 Å². The van der Waals surface area contributed by atoms with Crippen LogP contribution in [0.2, 0.25) is 0 Å². The molecule has 0 saturated carbocycles. The van der Waals surface area contributed by atoms with E-state index in [1.165, 1.54) is 11.8 Å². The molecule has 1 heterocycles. The fourth-order valence-corrected chi connectivity index (χ4v) is 4.36. The van der Waals surface area contributed by atoms with E-state index >= 15 is 0 Å². The van der Waals surface area contributed by atoms with Gasteiger partial charge in [0.15, 0.2) is 5.17 Å². The van der Waals surface area contributed by atoms with Gasteiger partial charge in [-0.15, -0.1) is 0 Å². The molecule has 2 aromatic carbocycles. The third kappa shape index (κ3) is 5.07. The van der Waals surface area contributed by atoms with Gasteiger partial charge >= 0.3 is 0 Å². The van der Waals surface area contributed by atoms with Crippen LogP contribution in [-0.4, -0.2) is 33.7 Å². The number of thioether (sulfide) groups is 1. The second-order valence-corrected chi connectivity index (χ2v) is 8.52. The Labute approximate surface area is 176 Å². The van der Waals surface area contributed by atoms with Gasteiger partial charge in [0.2, 0.25) is 11.8 Å². The first kappa shape index (κ1) is 21.1. The van der Waals surface area contributed by atoms with E-state index in [9.17, 15) is 9.59 Å². The maximum Gasteiger partial charge on any atom is 0.242 e. The van der Waals surface area contributed by atoms with Crippen LogP contribution in [0.5, 0.6) is 0 Å². The standard InChI is InChI=1S/C23H27N3O2S/c1-5-12-26-22(28)20(14-21(27)24-18-9-7-6-8-16(18)3)29-23(26)25-19-13-15(2)10-11-17(19)4/h6-11,13,20H,5,12,14H2,1-4H3,(H,24,27)/t20-/m0/s1. The molecule has 0 unspecified atom stereocenters. The maximum atomic E-state index is 12.9. The zero-order chi connectivity index (χ0) is 21.0. The van der Waals surface area contributed by atoms with Crippen molar-refractivity contribution in [2.75, 3.05) is 11.9 Å². The van der Waals surface area contributed by atoms with E-state index in [2.05, 4.69) is 11.4 Å². The summed E-state index contributed by atoms with van der Waals surface area (Å²) in [5.41, 5.74) is 4.83. The number of hydrogen-bond donors (Lipinski definition) is 1. The number of amidine groups is 1. The predicted octanol–water partition coefficient (Wildman–Crippen LogP) is 4.98. The number of nitrogens with one attached hydrogen (secondary N) is 1. The molecule has 0 spiro atoms. The van der Waals surface area contributed by atoms with Crippen molar-refractivity contribution in [3.8, 4) is 0 Å². The number of rotatable bonds is 6. The zero-order valence-electron chi connectivity index (χ0n) is 17.4. The molecule has 1 N–H and O–H groups in total. The number of para-hydroxylation sites is 1. The van der Waals surface area contributed by atoms with Crippen molar-refractivity contribution in [3.63, 3.8) is 0 Å². The Morgan fingerprint density at radius 2 is 1.90 bits per heavy atom. The van der Waals surface area contributed by atoms with Crippen LogP contribution in [0.4, 0.5) is 11.4 Å². The molecule has 1 aliphatic heterocycles. The van der Waals surface area contributed by atoms with Gasteiger partial charge in [-0.1, -0.05) is 49.0 Å². The lowest BCUT2D eigenvalue weighted by Crippen LogP contribution is -2.34. The molecule has 0 aromatic heterocycles. The summed E-state index contributed by atoms with van der Waals surface area (Å²) in [5.74, 6) is -0.199. The number of carbonyl (C=O) groups is 2. The highest BCUT2D eigenvalue weighted by atomic mass is 32.2. The normalized spacial score (nSPS) is 17.8. The van der Waals surface area contributed by atoms with Crippen LogP contribution in [-0.2, 0) is 9.59 Å². The largest absolute Gasteiger partial charge is 0.326 e. The van der Waals surface area contributed by atoms with Crippen LogP contribution < -0.4 is 5.32 Å². The van der Waals surface area contributed by atoms with Gasteiger partial charge < -0.3 is 5.32 Å². The predicted molar refractivity (Wildman–Crippen MR) is 121 cm³/mol. The van der Waals surface area contributed by atoms with Gasteiger partial charge in [-0.2, -0.15) is 0 Å². The number of amides is 2. The lowest BCUT2D eigenvalue weighted by Gasteiger charge is -2.15. The highest BCUT2D eigenvalue weighted by molar-refractivity contribution is 8.15. The van der Waals surface area contributed by atoms with Crippen LogP contribution in [0, 0.1) is 20.8 Å². The number of aliphatic imine (C=N–C) groups is 1. The molecule has 2 amide bonds. The number of anilines is 1. The minimum atomic E-state index is -0.450. The summed E-state index contributed by atoms with van der Waals surface area (Å²) in [6.07, 6.45) is 0.962. The molecule has 152 valence electrons. The first-order valence-corrected chi connectivity index (χ1v) is 10.8. The van der Waals surface area contributed by atoms with Gasteiger partial charge in [0.1, 0.15) is 5.25 Å². The quantitative estimate of drug-likeness (QED) is 0.732. The molecule has 1 atom stereocenters. The number of nitrogens with zero attached hydrogens (tertiary/aromatic N) is 2. The Kier molecular flexibility index (Phi) is 6.75. The van der Waals surface area contributed by atoms with Crippen molar-refractivity contribution < 1.29 is 9.59 Å². The molecule has 6 heteroatoms. The average molecular weight is 410 g/mol. The van der Waals surface area contributed by atoms with Gasteiger partial charge in [-0.25, -0.2) is 4.99 Å². The number of benzene rings is 2. The minimum absolute atomic E-state index is 0.0409. The number of hydrogen-bond acceptors (Lipinski definition) is 4.